The summed E-state index contributed by atoms with van der Waals surface area (Å²) in [6, 6.07) is 14.9. The van der Waals surface area contributed by atoms with E-state index in [0.29, 0.717) is 19.1 Å². The Hall–Kier alpha value is -2.93. The molecule has 1 aromatic carbocycles. The third kappa shape index (κ3) is 5.54. The van der Waals surface area contributed by atoms with Gasteiger partial charge in [0.05, 0.1) is 13.1 Å². The van der Waals surface area contributed by atoms with Gasteiger partial charge in [-0.25, -0.2) is 4.99 Å². The van der Waals surface area contributed by atoms with Gasteiger partial charge in [0.1, 0.15) is 0 Å². The maximum Gasteiger partial charge on any atom is 0.191 e. The van der Waals surface area contributed by atoms with Crippen molar-refractivity contribution in [3.05, 3.63) is 65.6 Å². The van der Waals surface area contributed by atoms with Crippen LogP contribution in [0.3, 0.4) is 0 Å². The Morgan fingerprint density at radius 2 is 1.83 bits per heavy atom. The third-order valence-electron chi connectivity index (χ3n) is 4.97. The van der Waals surface area contributed by atoms with E-state index in [9.17, 15) is 0 Å². The summed E-state index contributed by atoms with van der Waals surface area (Å²) in [6.45, 7) is 9.37. The second-order valence-corrected chi connectivity index (χ2v) is 7.37. The highest BCUT2D eigenvalue weighted by Crippen LogP contribution is 2.13. The van der Waals surface area contributed by atoms with Crippen molar-refractivity contribution in [2.45, 2.75) is 46.4 Å². The highest BCUT2D eigenvalue weighted by Gasteiger charge is 2.09. The topological polar surface area (TPSA) is 69.8 Å². The predicted molar refractivity (Wildman–Crippen MR) is 118 cm³/mol. The summed E-state index contributed by atoms with van der Waals surface area (Å²) in [6.07, 6.45) is 1.97. The van der Waals surface area contributed by atoms with E-state index in [4.69, 9.17) is 4.99 Å². The van der Waals surface area contributed by atoms with Gasteiger partial charge in [0, 0.05) is 25.3 Å². The molecule has 0 aliphatic carbocycles. The minimum atomic E-state index is 0.503. The van der Waals surface area contributed by atoms with Gasteiger partial charge in [-0.05, 0) is 51.1 Å². The molecule has 0 bridgehead atoms. The Kier molecular flexibility index (Phi) is 7.19. The number of benzene rings is 1. The SMILES string of the molecule is CCNC(=NCc1ccccc1CN(C)C(C)C)NCc1nnc2ccccn12. The van der Waals surface area contributed by atoms with E-state index >= 15 is 0 Å². The zero-order chi connectivity index (χ0) is 20.6. The van der Waals surface area contributed by atoms with Crippen LogP contribution in [-0.4, -0.2) is 45.1 Å². The maximum absolute atomic E-state index is 4.79. The van der Waals surface area contributed by atoms with Crippen LogP contribution in [0.5, 0.6) is 0 Å². The lowest BCUT2D eigenvalue weighted by Gasteiger charge is -2.22. The van der Waals surface area contributed by atoms with Crippen molar-refractivity contribution in [3.8, 4) is 0 Å². The van der Waals surface area contributed by atoms with Crippen LogP contribution in [0.4, 0.5) is 0 Å². The van der Waals surface area contributed by atoms with Gasteiger partial charge in [-0.1, -0.05) is 30.3 Å². The molecule has 3 aromatic rings. The van der Waals surface area contributed by atoms with Gasteiger partial charge in [-0.15, -0.1) is 10.2 Å². The normalized spacial score (nSPS) is 12.1. The van der Waals surface area contributed by atoms with Crippen LogP contribution in [0.15, 0.2) is 53.7 Å². The van der Waals surface area contributed by atoms with E-state index in [2.05, 4.69) is 77.8 Å². The van der Waals surface area contributed by atoms with Gasteiger partial charge in [-0.3, -0.25) is 9.30 Å². The van der Waals surface area contributed by atoms with Crippen molar-refractivity contribution in [1.82, 2.24) is 30.1 Å². The lowest BCUT2D eigenvalue weighted by atomic mass is 10.1. The summed E-state index contributed by atoms with van der Waals surface area (Å²) < 4.78 is 1.98. The zero-order valence-electron chi connectivity index (χ0n) is 17.8. The lowest BCUT2D eigenvalue weighted by Crippen LogP contribution is -2.37. The number of nitrogens with zero attached hydrogens (tertiary/aromatic N) is 5. The van der Waals surface area contributed by atoms with Crippen LogP contribution < -0.4 is 10.6 Å². The first-order valence-electron chi connectivity index (χ1n) is 10.2. The first-order valence-corrected chi connectivity index (χ1v) is 10.2. The summed E-state index contributed by atoms with van der Waals surface area (Å²) in [7, 11) is 2.15. The van der Waals surface area contributed by atoms with Gasteiger partial charge in [0.25, 0.3) is 0 Å². The predicted octanol–water partition coefficient (Wildman–Crippen LogP) is 2.82. The van der Waals surface area contributed by atoms with E-state index < -0.39 is 0 Å². The molecule has 0 spiro atoms. The molecule has 0 saturated heterocycles. The van der Waals surface area contributed by atoms with Crippen LogP contribution in [0.2, 0.25) is 0 Å². The average Bonchev–Trinajstić information content (AvgIpc) is 3.14. The molecule has 154 valence electrons. The number of fused-ring (bicyclic) bond motifs is 1. The van der Waals surface area contributed by atoms with Crippen molar-refractivity contribution in [2.24, 2.45) is 4.99 Å². The molecule has 0 aliphatic rings. The number of hydrogen-bond donors (Lipinski definition) is 2. The standard InChI is InChI=1S/C22H31N7/c1-5-23-22(25-15-21-27-26-20-12-8-9-13-29(20)21)24-14-18-10-6-7-11-19(18)16-28(4)17(2)3/h6-13,17H,5,14-16H2,1-4H3,(H2,23,24,25). The van der Waals surface area contributed by atoms with Gasteiger partial charge in [0.2, 0.25) is 0 Å². The number of pyridine rings is 1. The number of nitrogens with one attached hydrogen (secondary N) is 2. The Morgan fingerprint density at radius 1 is 1.07 bits per heavy atom. The summed E-state index contributed by atoms with van der Waals surface area (Å²) in [5.41, 5.74) is 3.39. The molecule has 29 heavy (non-hydrogen) atoms. The molecule has 0 fully saturated rings. The largest absolute Gasteiger partial charge is 0.357 e. The Morgan fingerprint density at radius 3 is 2.59 bits per heavy atom. The van der Waals surface area contributed by atoms with E-state index in [-0.39, 0.29) is 0 Å². The molecule has 2 N–H and O–H groups in total. The highest BCUT2D eigenvalue weighted by molar-refractivity contribution is 5.79. The molecule has 0 atom stereocenters. The van der Waals surface area contributed by atoms with Gasteiger partial charge in [-0.2, -0.15) is 0 Å². The zero-order valence-corrected chi connectivity index (χ0v) is 17.8. The highest BCUT2D eigenvalue weighted by atomic mass is 15.3. The fraction of sp³-hybridized carbons (Fsp3) is 0.409. The van der Waals surface area contributed by atoms with Crippen LogP contribution in [-0.2, 0) is 19.6 Å². The Bertz CT molecular complexity index is 945. The average molecular weight is 394 g/mol. The monoisotopic (exact) mass is 393 g/mol. The number of hydrogen-bond acceptors (Lipinski definition) is 4. The number of guanidine groups is 1. The molecule has 2 aromatic heterocycles. The molecule has 0 radical (unpaired) electrons. The van der Waals surface area contributed by atoms with Crippen molar-refractivity contribution < 1.29 is 0 Å². The summed E-state index contributed by atoms with van der Waals surface area (Å²) in [5.74, 6) is 1.62. The smallest absolute Gasteiger partial charge is 0.191 e. The summed E-state index contributed by atoms with van der Waals surface area (Å²) >= 11 is 0. The van der Waals surface area contributed by atoms with Gasteiger partial charge >= 0.3 is 0 Å². The minimum Gasteiger partial charge on any atom is -0.357 e. The van der Waals surface area contributed by atoms with E-state index in [1.54, 1.807) is 0 Å². The molecule has 7 nitrogen and oxygen atoms in total. The first kappa shape index (κ1) is 20.8. The second kappa shape index (κ2) is 10.0. The molecule has 0 unspecified atom stereocenters. The number of rotatable bonds is 8. The van der Waals surface area contributed by atoms with Crippen molar-refractivity contribution in [1.29, 1.82) is 0 Å². The molecule has 0 aliphatic heterocycles. The fourth-order valence-electron chi connectivity index (χ4n) is 3.00. The lowest BCUT2D eigenvalue weighted by molar-refractivity contribution is 0.265. The van der Waals surface area contributed by atoms with Crippen molar-refractivity contribution in [3.63, 3.8) is 0 Å². The fourth-order valence-corrected chi connectivity index (χ4v) is 3.00. The maximum atomic E-state index is 4.79. The van der Waals surface area contributed by atoms with Crippen LogP contribution in [0.1, 0.15) is 37.7 Å². The molecule has 7 heteroatoms. The second-order valence-electron chi connectivity index (χ2n) is 7.37. The van der Waals surface area contributed by atoms with Gasteiger partial charge in [0.15, 0.2) is 17.4 Å². The molecule has 3 rings (SSSR count). The Balaban J connectivity index is 1.69. The van der Waals surface area contributed by atoms with Crippen LogP contribution in [0.25, 0.3) is 5.65 Å². The van der Waals surface area contributed by atoms with Crippen LogP contribution in [0, 0.1) is 0 Å². The molecular formula is C22H31N7. The number of aliphatic imine (C=N–C) groups is 1. The summed E-state index contributed by atoms with van der Waals surface area (Å²) in [5, 5.41) is 15.2. The number of aromatic nitrogens is 3. The van der Waals surface area contributed by atoms with E-state index in [1.165, 1.54) is 11.1 Å². The van der Waals surface area contributed by atoms with E-state index in [0.717, 1.165) is 30.5 Å². The van der Waals surface area contributed by atoms with Gasteiger partial charge < -0.3 is 10.6 Å². The molecular weight excluding hydrogens is 362 g/mol. The van der Waals surface area contributed by atoms with Crippen LogP contribution >= 0.6 is 0 Å². The Labute approximate surface area is 172 Å². The first-order chi connectivity index (χ1) is 14.1. The van der Waals surface area contributed by atoms with Crippen molar-refractivity contribution >= 4 is 11.6 Å². The molecule has 0 amide bonds. The van der Waals surface area contributed by atoms with Crippen molar-refractivity contribution in [2.75, 3.05) is 13.6 Å². The molecule has 0 saturated carbocycles. The third-order valence-corrected chi connectivity index (χ3v) is 4.97. The minimum absolute atomic E-state index is 0.503. The van der Waals surface area contributed by atoms with E-state index in [1.807, 2.05) is 28.8 Å². The quantitative estimate of drug-likeness (QED) is 0.455. The molecule has 2 heterocycles. The summed E-state index contributed by atoms with van der Waals surface area (Å²) in [4.78, 5) is 7.13.